The van der Waals surface area contributed by atoms with Crippen LogP contribution in [0.15, 0.2) is 109 Å². The van der Waals surface area contributed by atoms with Crippen molar-refractivity contribution < 1.29 is 29.4 Å². The molecule has 0 bridgehead atoms. The molecule has 0 unspecified atom stereocenters. The molecule has 28 heavy (non-hydrogen) atoms. The Kier molecular flexibility index (Phi) is 19.7. The zero-order valence-corrected chi connectivity index (χ0v) is 18.2. The Morgan fingerprint density at radius 1 is 0.286 bits per heavy atom. The van der Waals surface area contributed by atoms with Gasteiger partial charge in [0.05, 0.1) is 0 Å². The van der Waals surface area contributed by atoms with Crippen LogP contribution in [-0.4, -0.2) is 29.4 Å². The normalized spacial score (nSPS) is 9.36. The van der Waals surface area contributed by atoms with Crippen LogP contribution in [0.3, 0.4) is 0 Å². The Hall–Kier alpha value is -1.28. The first-order valence-corrected chi connectivity index (χ1v) is 12.9. The number of hydrogen-bond acceptors (Lipinski definition) is 2. The lowest BCUT2D eigenvalue weighted by Gasteiger charge is -1.88. The third-order valence-corrected chi connectivity index (χ3v) is 2.00. The van der Waals surface area contributed by atoms with Gasteiger partial charge in [-0.15, -0.1) is 0 Å². The SMILES string of the molecule is OP(O)(O)=S.OP(O)(O)=S.c1ccccc1.c1ccccc1.c1ccccc1. The molecule has 154 valence electrons. The van der Waals surface area contributed by atoms with Crippen LogP contribution in [0.25, 0.3) is 0 Å². The van der Waals surface area contributed by atoms with E-state index in [0.717, 1.165) is 0 Å². The van der Waals surface area contributed by atoms with Crippen LogP contribution in [0.2, 0.25) is 0 Å². The molecule has 3 aromatic rings. The van der Waals surface area contributed by atoms with E-state index in [2.05, 4.69) is 23.6 Å². The van der Waals surface area contributed by atoms with E-state index in [1.54, 1.807) is 0 Å². The van der Waals surface area contributed by atoms with Crippen molar-refractivity contribution in [2.24, 2.45) is 0 Å². The minimum atomic E-state index is -3.81. The van der Waals surface area contributed by atoms with E-state index < -0.39 is 13.4 Å². The van der Waals surface area contributed by atoms with Crippen molar-refractivity contribution in [1.82, 2.24) is 0 Å². The van der Waals surface area contributed by atoms with Crippen molar-refractivity contribution >= 4 is 37.1 Å². The smallest absolute Gasteiger partial charge is 0.319 e. The maximum atomic E-state index is 7.56. The third kappa shape index (κ3) is 49.8. The molecule has 0 saturated heterocycles. The highest BCUT2D eigenvalue weighted by atomic mass is 32.5. The van der Waals surface area contributed by atoms with E-state index in [1.807, 2.05) is 109 Å². The van der Waals surface area contributed by atoms with Crippen molar-refractivity contribution in [3.63, 3.8) is 0 Å². The molecule has 0 fully saturated rings. The summed E-state index contributed by atoms with van der Waals surface area (Å²) in [5, 5.41) is 0. The van der Waals surface area contributed by atoms with E-state index in [0.29, 0.717) is 0 Å². The van der Waals surface area contributed by atoms with Crippen molar-refractivity contribution in [2.45, 2.75) is 0 Å². The Morgan fingerprint density at radius 3 is 0.357 bits per heavy atom. The second-order valence-corrected chi connectivity index (χ2v) is 9.48. The van der Waals surface area contributed by atoms with Gasteiger partial charge in [-0.25, -0.2) is 0 Å². The van der Waals surface area contributed by atoms with Crippen molar-refractivity contribution in [3.8, 4) is 0 Å². The van der Waals surface area contributed by atoms with Gasteiger partial charge in [0.15, 0.2) is 0 Å². The summed E-state index contributed by atoms with van der Waals surface area (Å²) in [5.41, 5.74) is 0. The molecule has 3 rings (SSSR count). The van der Waals surface area contributed by atoms with Crippen LogP contribution in [0.5, 0.6) is 0 Å². The summed E-state index contributed by atoms with van der Waals surface area (Å²) in [6.45, 7) is -7.61. The molecule has 0 amide bonds. The highest BCUT2D eigenvalue weighted by Gasteiger charge is 1.92. The van der Waals surface area contributed by atoms with Gasteiger partial charge < -0.3 is 29.4 Å². The Morgan fingerprint density at radius 2 is 0.321 bits per heavy atom. The summed E-state index contributed by atoms with van der Waals surface area (Å²) in [4.78, 5) is 45.3. The van der Waals surface area contributed by atoms with Crippen molar-refractivity contribution in [3.05, 3.63) is 109 Å². The van der Waals surface area contributed by atoms with Crippen LogP contribution in [-0.2, 0) is 23.6 Å². The van der Waals surface area contributed by atoms with E-state index in [-0.39, 0.29) is 0 Å². The largest absolute Gasteiger partial charge is 0.325 e. The van der Waals surface area contributed by atoms with Gasteiger partial charge in [-0.3, -0.25) is 0 Å². The molecule has 0 aromatic heterocycles. The highest BCUT2D eigenvalue weighted by Crippen LogP contribution is 2.26. The summed E-state index contributed by atoms with van der Waals surface area (Å²) >= 11 is 7.21. The number of rotatable bonds is 0. The molecule has 0 radical (unpaired) electrons. The third-order valence-electron chi connectivity index (χ3n) is 2.00. The van der Waals surface area contributed by atoms with E-state index >= 15 is 0 Å². The average molecular weight is 462 g/mol. The fourth-order valence-electron chi connectivity index (χ4n) is 1.15. The monoisotopic (exact) mass is 462 g/mol. The molecule has 0 atom stereocenters. The molecule has 10 heteroatoms. The molecular weight excluding hydrogens is 438 g/mol. The second-order valence-electron chi connectivity index (χ2n) is 4.49. The van der Waals surface area contributed by atoms with Crippen LogP contribution >= 0.6 is 13.4 Å². The van der Waals surface area contributed by atoms with Gasteiger partial charge in [-0.1, -0.05) is 109 Å². The Bertz CT molecular complexity index is 561. The molecule has 0 saturated carbocycles. The lowest BCUT2D eigenvalue weighted by molar-refractivity contribution is 0.361. The molecular formula is C18H24O6P2S2. The molecule has 6 N–H and O–H groups in total. The maximum Gasteiger partial charge on any atom is 0.319 e. The molecule has 0 aliphatic heterocycles. The summed E-state index contributed by atoms with van der Waals surface area (Å²) in [7, 11) is 0. The zero-order chi connectivity index (χ0) is 21.7. The first-order chi connectivity index (χ1) is 13.0. The highest BCUT2D eigenvalue weighted by molar-refractivity contribution is 8.06. The topological polar surface area (TPSA) is 121 Å². The fraction of sp³-hybridized carbons (Fsp3) is 0. The minimum Gasteiger partial charge on any atom is -0.325 e. The van der Waals surface area contributed by atoms with Gasteiger partial charge in [-0.2, -0.15) is 0 Å². The second kappa shape index (κ2) is 19.1. The average Bonchev–Trinajstić information content (AvgIpc) is 2.64. The lowest BCUT2D eigenvalue weighted by Crippen LogP contribution is -1.65. The number of hydrogen-bond donors (Lipinski definition) is 6. The molecule has 3 aromatic carbocycles. The fourth-order valence-corrected chi connectivity index (χ4v) is 1.15. The predicted octanol–water partition coefficient (Wildman–Crippen LogP) is 3.44. The van der Waals surface area contributed by atoms with E-state index in [1.165, 1.54) is 0 Å². The summed E-state index contributed by atoms with van der Waals surface area (Å²) in [5.74, 6) is 0. The Labute approximate surface area is 175 Å². The zero-order valence-electron chi connectivity index (χ0n) is 14.8. The molecule has 6 nitrogen and oxygen atoms in total. The maximum absolute atomic E-state index is 7.56. The molecule has 0 spiro atoms. The molecule has 0 heterocycles. The van der Waals surface area contributed by atoms with Gasteiger partial charge in [0, 0.05) is 0 Å². The summed E-state index contributed by atoms with van der Waals surface area (Å²) < 4.78 is 0. The number of benzene rings is 3. The van der Waals surface area contributed by atoms with Gasteiger partial charge >= 0.3 is 13.4 Å². The van der Waals surface area contributed by atoms with Gasteiger partial charge in [0.25, 0.3) is 0 Å². The molecule has 0 aliphatic rings. The minimum absolute atomic E-state index is 2.00. The van der Waals surface area contributed by atoms with Gasteiger partial charge in [-0.05, 0) is 23.6 Å². The predicted molar refractivity (Wildman–Crippen MR) is 121 cm³/mol. The van der Waals surface area contributed by atoms with Gasteiger partial charge in [0.1, 0.15) is 0 Å². The standard InChI is InChI=1S/3C6H6.2H3O3PS/c3*1-2-4-6-5-3-1;2*1-4(2,3)5/h3*1-6H;2*(H3,1,2,3,5). The van der Waals surface area contributed by atoms with Crippen molar-refractivity contribution in [2.75, 3.05) is 0 Å². The quantitative estimate of drug-likeness (QED) is 0.281. The van der Waals surface area contributed by atoms with Gasteiger partial charge in [0.2, 0.25) is 0 Å². The lowest BCUT2D eigenvalue weighted by atomic mass is 10.4. The molecule has 0 aliphatic carbocycles. The van der Waals surface area contributed by atoms with Crippen LogP contribution in [0.4, 0.5) is 0 Å². The first-order valence-electron chi connectivity index (χ1n) is 7.57. The Balaban J connectivity index is 0. The van der Waals surface area contributed by atoms with E-state index in [4.69, 9.17) is 29.4 Å². The van der Waals surface area contributed by atoms with Crippen LogP contribution in [0.1, 0.15) is 0 Å². The van der Waals surface area contributed by atoms with E-state index in [9.17, 15) is 0 Å². The summed E-state index contributed by atoms with van der Waals surface area (Å²) in [6.07, 6.45) is 0. The summed E-state index contributed by atoms with van der Waals surface area (Å²) in [6, 6.07) is 36.0. The van der Waals surface area contributed by atoms with Crippen LogP contribution in [0, 0.1) is 0 Å². The van der Waals surface area contributed by atoms with Crippen LogP contribution < -0.4 is 0 Å². The van der Waals surface area contributed by atoms with Crippen molar-refractivity contribution in [1.29, 1.82) is 0 Å². The first kappa shape index (κ1) is 28.9.